The lowest BCUT2D eigenvalue weighted by Crippen LogP contribution is -2.27. The van der Waals surface area contributed by atoms with Gasteiger partial charge in [0, 0.05) is 0 Å². The van der Waals surface area contributed by atoms with E-state index in [0.29, 0.717) is 12.2 Å². The molecule has 0 aromatic heterocycles. The molecule has 1 atom stereocenters. The predicted octanol–water partition coefficient (Wildman–Crippen LogP) is 3.23. The molecule has 1 aromatic carbocycles. The van der Waals surface area contributed by atoms with E-state index in [1.54, 1.807) is 6.92 Å². The Labute approximate surface area is 102 Å². The summed E-state index contributed by atoms with van der Waals surface area (Å²) in [6, 6.07) is 7.60. The first-order chi connectivity index (χ1) is 7.86. The Bertz CT molecular complexity index is 391. The molecule has 0 aliphatic rings. The zero-order valence-electron chi connectivity index (χ0n) is 10.9. The highest BCUT2D eigenvalue weighted by Gasteiger charge is 2.22. The summed E-state index contributed by atoms with van der Waals surface area (Å²) < 4.78 is 5.58. The zero-order chi connectivity index (χ0) is 13.1. The highest BCUT2D eigenvalue weighted by atomic mass is 16.5. The van der Waals surface area contributed by atoms with E-state index in [-0.39, 0.29) is 5.41 Å². The lowest BCUT2D eigenvalue weighted by atomic mass is 9.86. The van der Waals surface area contributed by atoms with E-state index in [1.807, 2.05) is 24.3 Å². The van der Waals surface area contributed by atoms with Crippen molar-refractivity contribution >= 4 is 5.97 Å². The van der Waals surface area contributed by atoms with E-state index < -0.39 is 12.1 Å². The first-order valence-electron chi connectivity index (χ1n) is 5.85. The van der Waals surface area contributed by atoms with Crippen molar-refractivity contribution in [2.24, 2.45) is 0 Å². The Morgan fingerprint density at radius 2 is 1.94 bits per heavy atom. The van der Waals surface area contributed by atoms with E-state index in [1.165, 1.54) is 0 Å². The fourth-order valence-corrected chi connectivity index (χ4v) is 1.65. The number of para-hydroxylation sites is 1. The minimum Gasteiger partial charge on any atom is -0.479 e. The summed E-state index contributed by atoms with van der Waals surface area (Å²) in [6.45, 7) is 8.04. The summed E-state index contributed by atoms with van der Waals surface area (Å²) in [6.07, 6.45) is -0.327. The molecule has 17 heavy (non-hydrogen) atoms. The summed E-state index contributed by atoms with van der Waals surface area (Å²) in [5.74, 6) is -0.259. The number of benzene rings is 1. The maximum Gasteiger partial charge on any atom is 0.344 e. The molecular formula is C14H20O3. The molecule has 0 radical (unpaired) electrons. The maximum absolute atomic E-state index is 11.0. The summed E-state index contributed by atoms with van der Waals surface area (Å²) in [7, 11) is 0. The molecule has 3 heteroatoms. The number of hydrogen-bond donors (Lipinski definition) is 1. The fourth-order valence-electron chi connectivity index (χ4n) is 1.65. The molecule has 0 unspecified atom stereocenters. The number of aliphatic carboxylic acids is 1. The van der Waals surface area contributed by atoms with Crippen molar-refractivity contribution in [1.29, 1.82) is 0 Å². The van der Waals surface area contributed by atoms with Crippen LogP contribution >= 0.6 is 0 Å². The van der Waals surface area contributed by atoms with Gasteiger partial charge in [-0.3, -0.25) is 0 Å². The Balaban J connectivity index is 3.02. The van der Waals surface area contributed by atoms with Crippen LogP contribution < -0.4 is 4.74 Å². The van der Waals surface area contributed by atoms with Crippen molar-refractivity contribution < 1.29 is 14.6 Å². The van der Waals surface area contributed by atoms with Crippen LogP contribution in [0.1, 0.15) is 39.7 Å². The van der Waals surface area contributed by atoms with E-state index in [4.69, 9.17) is 9.84 Å². The number of hydrogen-bond acceptors (Lipinski definition) is 2. The Morgan fingerprint density at radius 1 is 1.35 bits per heavy atom. The van der Waals surface area contributed by atoms with Gasteiger partial charge in [0.2, 0.25) is 0 Å². The van der Waals surface area contributed by atoms with Crippen LogP contribution in [-0.2, 0) is 10.2 Å². The van der Waals surface area contributed by atoms with E-state index in [0.717, 1.165) is 5.56 Å². The van der Waals surface area contributed by atoms with Gasteiger partial charge in [0.15, 0.2) is 6.10 Å². The van der Waals surface area contributed by atoms with Crippen LogP contribution in [0.25, 0.3) is 0 Å². The third-order valence-corrected chi connectivity index (χ3v) is 2.61. The van der Waals surface area contributed by atoms with Gasteiger partial charge in [-0.15, -0.1) is 0 Å². The number of carboxylic acids is 1. The molecule has 94 valence electrons. The highest BCUT2D eigenvalue weighted by molar-refractivity contribution is 5.72. The molecule has 0 spiro atoms. The van der Waals surface area contributed by atoms with Gasteiger partial charge in [-0.2, -0.15) is 0 Å². The van der Waals surface area contributed by atoms with Crippen molar-refractivity contribution in [3.05, 3.63) is 29.8 Å². The summed E-state index contributed by atoms with van der Waals surface area (Å²) in [5.41, 5.74) is 0.965. The van der Waals surface area contributed by atoms with Crippen LogP contribution in [-0.4, -0.2) is 17.2 Å². The normalized spacial score (nSPS) is 13.2. The molecule has 3 nitrogen and oxygen atoms in total. The van der Waals surface area contributed by atoms with Gasteiger partial charge in [-0.25, -0.2) is 4.79 Å². The second-order valence-corrected chi connectivity index (χ2v) is 5.10. The van der Waals surface area contributed by atoms with E-state index >= 15 is 0 Å². The van der Waals surface area contributed by atoms with Gasteiger partial charge >= 0.3 is 5.97 Å². The third kappa shape index (κ3) is 3.48. The summed E-state index contributed by atoms with van der Waals surface area (Å²) in [4.78, 5) is 11.0. The van der Waals surface area contributed by atoms with Crippen molar-refractivity contribution in [3.8, 4) is 5.75 Å². The van der Waals surface area contributed by atoms with Crippen molar-refractivity contribution in [3.63, 3.8) is 0 Å². The van der Waals surface area contributed by atoms with Crippen LogP contribution in [0.15, 0.2) is 24.3 Å². The molecule has 0 heterocycles. The largest absolute Gasteiger partial charge is 0.479 e. The topological polar surface area (TPSA) is 46.5 Å². The van der Waals surface area contributed by atoms with Gasteiger partial charge in [0.25, 0.3) is 0 Å². The van der Waals surface area contributed by atoms with Crippen molar-refractivity contribution in [1.82, 2.24) is 0 Å². The molecule has 0 saturated carbocycles. The van der Waals surface area contributed by atoms with Crippen LogP contribution in [0.5, 0.6) is 5.75 Å². The fraction of sp³-hybridized carbons (Fsp3) is 0.500. The second kappa shape index (κ2) is 5.21. The molecule has 0 aliphatic heterocycles. The molecule has 0 fully saturated rings. The third-order valence-electron chi connectivity index (χ3n) is 2.61. The molecule has 1 rings (SSSR count). The van der Waals surface area contributed by atoms with Crippen molar-refractivity contribution in [2.45, 2.75) is 45.6 Å². The number of carbonyl (C=O) groups is 1. The molecule has 0 saturated heterocycles. The van der Waals surface area contributed by atoms with Gasteiger partial charge in [0.1, 0.15) is 5.75 Å². The lowest BCUT2D eigenvalue weighted by Gasteiger charge is -2.24. The SMILES string of the molecule is CC[C@H](Oc1ccccc1C(C)(C)C)C(=O)O. The van der Waals surface area contributed by atoms with Crippen LogP contribution in [0.2, 0.25) is 0 Å². The van der Waals surface area contributed by atoms with Crippen LogP contribution in [0.4, 0.5) is 0 Å². The number of ether oxygens (including phenoxy) is 1. The number of rotatable bonds is 4. The quantitative estimate of drug-likeness (QED) is 0.873. The Kier molecular flexibility index (Phi) is 4.16. The van der Waals surface area contributed by atoms with Gasteiger partial charge in [-0.1, -0.05) is 45.9 Å². The zero-order valence-corrected chi connectivity index (χ0v) is 10.9. The summed E-state index contributed by atoms with van der Waals surface area (Å²) in [5, 5.41) is 9.00. The Hall–Kier alpha value is -1.51. The molecule has 1 N–H and O–H groups in total. The summed E-state index contributed by atoms with van der Waals surface area (Å²) >= 11 is 0. The maximum atomic E-state index is 11.0. The highest BCUT2D eigenvalue weighted by Crippen LogP contribution is 2.31. The monoisotopic (exact) mass is 236 g/mol. The standard InChI is InChI=1S/C14H20O3/c1-5-11(13(15)16)17-12-9-7-6-8-10(12)14(2,3)4/h6-9,11H,5H2,1-4H3,(H,15,16)/t11-/m0/s1. The first kappa shape index (κ1) is 13.6. The molecule has 0 aliphatic carbocycles. The average Bonchev–Trinajstić information content (AvgIpc) is 2.24. The van der Waals surface area contributed by atoms with Gasteiger partial charge < -0.3 is 9.84 Å². The molecular weight excluding hydrogens is 216 g/mol. The van der Waals surface area contributed by atoms with Crippen LogP contribution in [0.3, 0.4) is 0 Å². The van der Waals surface area contributed by atoms with Crippen molar-refractivity contribution in [2.75, 3.05) is 0 Å². The lowest BCUT2D eigenvalue weighted by molar-refractivity contribution is -0.145. The molecule has 0 amide bonds. The predicted molar refractivity (Wildman–Crippen MR) is 67.5 cm³/mol. The smallest absolute Gasteiger partial charge is 0.344 e. The second-order valence-electron chi connectivity index (χ2n) is 5.10. The van der Waals surface area contributed by atoms with E-state index in [2.05, 4.69) is 20.8 Å². The number of carboxylic acid groups (broad SMARTS) is 1. The average molecular weight is 236 g/mol. The van der Waals surface area contributed by atoms with Gasteiger partial charge in [0.05, 0.1) is 0 Å². The minimum atomic E-state index is -0.920. The Morgan fingerprint density at radius 3 is 2.41 bits per heavy atom. The van der Waals surface area contributed by atoms with Crippen LogP contribution in [0, 0.1) is 0 Å². The van der Waals surface area contributed by atoms with E-state index in [9.17, 15) is 4.79 Å². The first-order valence-corrected chi connectivity index (χ1v) is 5.85. The minimum absolute atomic E-state index is 0.0621. The molecule has 1 aromatic rings. The molecule has 0 bridgehead atoms. The van der Waals surface area contributed by atoms with Gasteiger partial charge in [-0.05, 0) is 23.5 Å².